The number of hydrogen-bond donors (Lipinski definition) is 2. The highest BCUT2D eigenvalue weighted by molar-refractivity contribution is 5.78. The van der Waals surface area contributed by atoms with Crippen molar-refractivity contribution in [3.05, 3.63) is 0 Å². The molecular formula is C14H26N2O. The van der Waals surface area contributed by atoms with Crippen LogP contribution in [0.15, 0.2) is 0 Å². The summed E-state index contributed by atoms with van der Waals surface area (Å²) in [5.41, 5.74) is 0.434. The lowest BCUT2D eigenvalue weighted by molar-refractivity contribution is -0.121. The Kier molecular flexibility index (Phi) is 4.43. The molecule has 0 unspecified atom stereocenters. The van der Waals surface area contributed by atoms with Gasteiger partial charge in [-0.25, -0.2) is 0 Å². The standard InChI is InChI=1S/C14H26N2O/c1-2-14(8-5-9-14)11-16-13(17)10-15-12-6-3-4-7-12/h12,15H,2-11H2,1H3,(H,16,17). The molecule has 0 saturated heterocycles. The molecule has 2 saturated carbocycles. The second-order valence-corrected chi connectivity index (χ2v) is 5.85. The van der Waals surface area contributed by atoms with Gasteiger partial charge in [-0.2, -0.15) is 0 Å². The van der Waals surface area contributed by atoms with Crippen LogP contribution in [0.5, 0.6) is 0 Å². The minimum atomic E-state index is 0.177. The molecule has 2 rings (SSSR count). The maximum atomic E-state index is 11.7. The summed E-state index contributed by atoms with van der Waals surface area (Å²) in [5.74, 6) is 0.177. The van der Waals surface area contributed by atoms with E-state index in [4.69, 9.17) is 0 Å². The van der Waals surface area contributed by atoms with Crippen LogP contribution in [0.1, 0.15) is 58.3 Å². The summed E-state index contributed by atoms with van der Waals surface area (Å²) in [7, 11) is 0. The zero-order valence-electron chi connectivity index (χ0n) is 11.1. The fraction of sp³-hybridized carbons (Fsp3) is 0.929. The minimum Gasteiger partial charge on any atom is -0.354 e. The van der Waals surface area contributed by atoms with Gasteiger partial charge in [0.15, 0.2) is 0 Å². The summed E-state index contributed by atoms with van der Waals surface area (Å²) < 4.78 is 0. The van der Waals surface area contributed by atoms with Gasteiger partial charge < -0.3 is 10.6 Å². The molecule has 0 radical (unpaired) electrons. The lowest BCUT2D eigenvalue weighted by Crippen LogP contribution is -2.45. The van der Waals surface area contributed by atoms with Crippen LogP contribution in [0.2, 0.25) is 0 Å². The van der Waals surface area contributed by atoms with E-state index < -0.39 is 0 Å². The lowest BCUT2D eigenvalue weighted by Gasteiger charge is -2.41. The summed E-state index contributed by atoms with van der Waals surface area (Å²) in [6.07, 6.45) is 10.2. The van der Waals surface area contributed by atoms with Crippen LogP contribution in [0.3, 0.4) is 0 Å². The zero-order valence-corrected chi connectivity index (χ0v) is 11.1. The van der Waals surface area contributed by atoms with E-state index in [0.29, 0.717) is 18.0 Å². The van der Waals surface area contributed by atoms with Gasteiger partial charge in [0.25, 0.3) is 0 Å². The fourth-order valence-corrected chi connectivity index (χ4v) is 3.05. The topological polar surface area (TPSA) is 41.1 Å². The van der Waals surface area contributed by atoms with Crippen LogP contribution in [0, 0.1) is 5.41 Å². The highest BCUT2D eigenvalue weighted by Crippen LogP contribution is 2.42. The quantitative estimate of drug-likeness (QED) is 0.745. The van der Waals surface area contributed by atoms with Crippen LogP contribution in [-0.2, 0) is 4.79 Å². The number of rotatable bonds is 6. The van der Waals surface area contributed by atoms with Crippen LogP contribution in [0.25, 0.3) is 0 Å². The van der Waals surface area contributed by atoms with Crippen LogP contribution in [-0.4, -0.2) is 25.0 Å². The summed E-state index contributed by atoms with van der Waals surface area (Å²) in [5, 5.41) is 6.46. The Morgan fingerprint density at radius 3 is 2.47 bits per heavy atom. The van der Waals surface area contributed by atoms with Crippen LogP contribution >= 0.6 is 0 Å². The van der Waals surface area contributed by atoms with Crippen LogP contribution in [0.4, 0.5) is 0 Å². The van der Waals surface area contributed by atoms with E-state index in [9.17, 15) is 4.79 Å². The molecule has 2 fully saturated rings. The monoisotopic (exact) mass is 238 g/mol. The third-order valence-electron chi connectivity index (χ3n) is 4.73. The first-order chi connectivity index (χ1) is 8.24. The molecule has 3 nitrogen and oxygen atoms in total. The number of nitrogens with one attached hydrogen (secondary N) is 2. The molecule has 2 N–H and O–H groups in total. The Hall–Kier alpha value is -0.570. The molecule has 0 aliphatic heterocycles. The number of hydrogen-bond acceptors (Lipinski definition) is 2. The van der Waals surface area contributed by atoms with Crippen molar-refractivity contribution >= 4 is 5.91 Å². The van der Waals surface area contributed by atoms with Crippen molar-refractivity contribution in [2.75, 3.05) is 13.1 Å². The summed E-state index contributed by atoms with van der Waals surface area (Å²) in [6, 6.07) is 0.588. The molecule has 0 aromatic heterocycles. The molecule has 3 heteroatoms. The van der Waals surface area contributed by atoms with Gasteiger partial charge in [-0.05, 0) is 37.5 Å². The third kappa shape index (κ3) is 3.44. The number of amides is 1. The highest BCUT2D eigenvalue weighted by atomic mass is 16.1. The third-order valence-corrected chi connectivity index (χ3v) is 4.73. The van der Waals surface area contributed by atoms with Gasteiger partial charge in [-0.15, -0.1) is 0 Å². The van der Waals surface area contributed by atoms with Crippen molar-refractivity contribution < 1.29 is 4.79 Å². The van der Waals surface area contributed by atoms with Gasteiger partial charge in [-0.3, -0.25) is 4.79 Å². The molecule has 1 amide bonds. The van der Waals surface area contributed by atoms with Gasteiger partial charge in [0.1, 0.15) is 0 Å². The Bertz CT molecular complexity index is 249. The molecule has 17 heavy (non-hydrogen) atoms. The second-order valence-electron chi connectivity index (χ2n) is 5.85. The molecule has 0 aromatic carbocycles. The van der Waals surface area contributed by atoms with Crippen molar-refractivity contribution in [2.45, 2.75) is 64.3 Å². The molecule has 0 spiro atoms. The fourth-order valence-electron chi connectivity index (χ4n) is 3.05. The van der Waals surface area contributed by atoms with Gasteiger partial charge in [0.2, 0.25) is 5.91 Å². The molecule has 2 aliphatic rings. The van der Waals surface area contributed by atoms with E-state index >= 15 is 0 Å². The first kappa shape index (κ1) is 12.9. The van der Waals surface area contributed by atoms with E-state index in [0.717, 1.165) is 6.54 Å². The first-order valence-corrected chi connectivity index (χ1v) is 7.24. The van der Waals surface area contributed by atoms with Gasteiger partial charge in [0, 0.05) is 12.6 Å². The zero-order chi connectivity index (χ0) is 12.1. The Morgan fingerprint density at radius 2 is 1.94 bits per heavy atom. The normalized spacial score (nSPS) is 23.4. The molecule has 0 heterocycles. The van der Waals surface area contributed by atoms with Crippen molar-refractivity contribution in [1.29, 1.82) is 0 Å². The molecule has 0 aromatic rings. The van der Waals surface area contributed by atoms with E-state index in [1.54, 1.807) is 0 Å². The van der Waals surface area contributed by atoms with Gasteiger partial charge >= 0.3 is 0 Å². The van der Waals surface area contributed by atoms with Crippen molar-refractivity contribution in [3.63, 3.8) is 0 Å². The van der Waals surface area contributed by atoms with E-state index in [1.807, 2.05) is 0 Å². The minimum absolute atomic E-state index is 0.177. The lowest BCUT2D eigenvalue weighted by atomic mass is 9.67. The Balaban J connectivity index is 1.60. The molecule has 2 aliphatic carbocycles. The summed E-state index contributed by atoms with van der Waals surface area (Å²) >= 11 is 0. The average molecular weight is 238 g/mol. The Morgan fingerprint density at radius 1 is 1.24 bits per heavy atom. The molecular weight excluding hydrogens is 212 g/mol. The largest absolute Gasteiger partial charge is 0.354 e. The molecule has 98 valence electrons. The Labute approximate surface area is 105 Å². The summed E-state index contributed by atoms with van der Waals surface area (Å²) in [6.45, 7) is 3.63. The smallest absolute Gasteiger partial charge is 0.233 e. The van der Waals surface area contributed by atoms with Crippen LogP contribution < -0.4 is 10.6 Å². The molecule has 0 atom stereocenters. The van der Waals surface area contributed by atoms with Crippen molar-refractivity contribution in [2.24, 2.45) is 5.41 Å². The maximum Gasteiger partial charge on any atom is 0.233 e. The first-order valence-electron chi connectivity index (χ1n) is 7.24. The highest BCUT2D eigenvalue weighted by Gasteiger charge is 2.35. The molecule has 0 bridgehead atoms. The number of carbonyl (C=O) groups excluding carboxylic acids is 1. The van der Waals surface area contributed by atoms with E-state index in [-0.39, 0.29) is 5.91 Å². The predicted octanol–water partition coefficient (Wildman–Crippen LogP) is 2.22. The van der Waals surface area contributed by atoms with Gasteiger partial charge in [-0.1, -0.05) is 26.2 Å². The van der Waals surface area contributed by atoms with Crippen molar-refractivity contribution in [1.82, 2.24) is 10.6 Å². The summed E-state index contributed by atoms with van der Waals surface area (Å²) in [4.78, 5) is 11.7. The maximum absolute atomic E-state index is 11.7. The van der Waals surface area contributed by atoms with E-state index in [2.05, 4.69) is 17.6 Å². The number of carbonyl (C=O) groups is 1. The second kappa shape index (κ2) is 5.85. The predicted molar refractivity (Wildman–Crippen MR) is 69.8 cm³/mol. The van der Waals surface area contributed by atoms with Crippen molar-refractivity contribution in [3.8, 4) is 0 Å². The van der Waals surface area contributed by atoms with Gasteiger partial charge in [0.05, 0.1) is 6.54 Å². The SMILES string of the molecule is CCC1(CNC(=O)CNC2CCCC2)CCC1. The average Bonchev–Trinajstić information content (AvgIpc) is 2.78. The van der Waals surface area contributed by atoms with E-state index in [1.165, 1.54) is 51.4 Å².